The normalized spacial score (nSPS) is 10.2. The predicted octanol–water partition coefficient (Wildman–Crippen LogP) is 0.825. The van der Waals surface area contributed by atoms with Crippen molar-refractivity contribution in [3.8, 4) is 6.07 Å². The van der Waals surface area contributed by atoms with E-state index in [1.807, 2.05) is 19.2 Å². The number of hydrogen-bond donors (Lipinski definition) is 1. The molecule has 0 fully saturated rings. The van der Waals surface area contributed by atoms with Crippen LogP contribution in [-0.4, -0.2) is 25.5 Å². The van der Waals surface area contributed by atoms with Crippen LogP contribution in [0.1, 0.15) is 17.5 Å². The highest BCUT2D eigenvalue weighted by Crippen LogP contribution is 2.12. The summed E-state index contributed by atoms with van der Waals surface area (Å²) in [5.74, 6) is 0.248. The second-order valence-corrected chi connectivity index (χ2v) is 4.22. The maximum Gasteiger partial charge on any atom is 0.227 e. The molecule has 1 amide bonds. The average Bonchev–Trinajstić information content (AvgIpc) is 2.95. The second-order valence-electron chi connectivity index (χ2n) is 4.22. The number of carbonyl (C=O) groups excluding carboxylic acids is 1. The summed E-state index contributed by atoms with van der Waals surface area (Å²) < 4.78 is 3.18. The summed E-state index contributed by atoms with van der Waals surface area (Å²) in [6.45, 7) is 2.44. The Morgan fingerprint density at radius 2 is 2.26 bits per heavy atom. The van der Waals surface area contributed by atoms with Gasteiger partial charge >= 0.3 is 0 Å². The highest BCUT2D eigenvalue weighted by atomic mass is 16.1. The molecule has 0 saturated heterocycles. The van der Waals surface area contributed by atoms with E-state index in [-0.39, 0.29) is 12.3 Å². The highest BCUT2D eigenvalue weighted by Gasteiger charge is 2.11. The third kappa shape index (κ3) is 2.98. The molecule has 7 nitrogen and oxygen atoms in total. The van der Waals surface area contributed by atoms with E-state index in [1.54, 1.807) is 17.9 Å². The molecule has 98 valence electrons. The highest BCUT2D eigenvalue weighted by molar-refractivity contribution is 5.90. The molecule has 2 rings (SSSR count). The Balaban J connectivity index is 1.94. The van der Waals surface area contributed by atoms with Gasteiger partial charge in [0.25, 0.3) is 0 Å². The molecule has 0 spiro atoms. The second kappa shape index (κ2) is 5.35. The number of aromatic nitrogens is 4. The number of nitrogens with zero attached hydrogens (tertiary/aromatic N) is 5. The van der Waals surface area contributed by atoms with Crippen molar-refractivity contribution in [2.45, 2.75) is 19.9 Å². The first-order chi connectivity index (χ1) is 9.10. The van der Waals surface area contributed by atoms with Gasteiger partial charge in [-0.05, 0) is 12.5 Å². The van der Waals surface area contributed by atoms with E-state index in [1.165, 1.54) is 10.9 Å². The van der Waals surface area contributed by atoms with Crippen LogP contribution in [0.25, 0.3) is 0 Å². The fraction of sp³-hybridized carbons (Fsp3) is 0.333. The van der Waals surface area contributed by atoms with Gasteiger partial charge in [-0.2, -0.15) is 15.5 Å². The van der Waals surface area contributed by atoms with Crippen LogP contribution >= 0.6 is 0 Å². The van der Waals surface area contributed by atoms with Gasteiger partial charge in [0, 0.05) is 26.2 Å². The molecule has 0 bridgehead atoms. The van der Waals surface area contributed by atoms with Gasteiger partial charge in [-0.1, -0.05) is 0 Å². The van der Waals surface area contributed by atoms with E-state index >= 15 is 0 Å². The summed E-state index contributed by atoms with van der Waals surface area (Å²) >= 11 is 0. The molecule has 0 saturated carbocycles. The van der Waals surface area contributed by atoms with Gasteiger partial charge in [0.05, 0.1) is 12.4 Å². The SMILES string of the molecule is Cc1cnn(CCC(=O)Nc2c(C#N)cnn2C)c1. The van der Waals surface area contributed by atoms with Crippen LogP contribution in [0.4, 0.5) is 5.82 Å². The van der Waals surface area contributed by atoms with Crippen molar-refractivity contribution >= 4 is 11.7 Å². The van der Waals surface area contributed by atoms with E-state index in [2.05, 4.69) is 15.5 Å². The number of nitrogens with one attached hydrogen (secondary N) is 1. The van der Waals surface area contributed by atoms with Gasteiger partial charge in [-0.25, -0.2) is 0 Å². The lowest BCUT2D eigenvalue weighted by atomic mass is 10.3. The molecular formula is C12H14N6O. The van der Waals surface area contributed by atoms with Gasteiger partial charge < -0.3 is 5.32 Å². The number of amides is 1. The summed E-state index contributed by atoms with van der Waals surface area (Å²) in [6.07, 6.45) is 5.33. The van der Waals surface area contributed by atoms with Crippen molar-refractivity contribution in [3.05, 3.63) is 29.7 Å². The topological polar surface area (TPSA) is 88.5 Å². The molecule has 19 heavy (non-hydrogen) atoms. The minimum atomic E-state index is -0.173. The predicted molar refractivity (Wildman–Crippen MR) is 68.1 cm³/mol. The van der Waals surface area contributed by atoms with Crippen molar-refractivity contribution in [1.29, 1.82) is 5.26 Å². The van der Waals surface area contributed by atoms with E-state index in [9.17, 15) is 4.79 Å². The van der Waals surface area contributed by atoms with E-state index in [0.717, 1.165) is 5.56 Å². The minimum absolute atomic E-state index is 0.173. The zero-order chi connectivity index (χ0) is 13.8. The Morgan fingerprint density at radius 1 is 1.47 bits per heavy atom. The minimum Gasteiger partial charge on any atom is -0.310 e. The number of carbonyl (C=O) groups is 1. The summed E-state index contributed by atoms with van der Waals surface area (Å²) in [5.41, 5.74) is 1.41. The van der Waals surface area contributed by atoms with Gasteiger partial charge in [-0.3, -0.25) is 14.2 Å². The smallest absolute Gasteiger partial charge is 0.227 e. The molecule has 0 radical (unpaired) electrons. The summed E-state index contributed by atoms with van der Waals surface area (Å²) in [5, 5.41) is 19.6. The van der Waals surface area contributed by atoms with Crippen LogP contribution in [0.15, 0.2) is 18.6 Å². The van der Waals surface area contributed by atoms with Crippen LogP contribution < -0.4 is 5.32 Å². The fourth-order valence-electron chi connectivity index (χ4n) is 1.67. The Bertz CT molecular complexity index is 633. The molecule has 0 aromatic carbocycles. The van der Waals surface area contributed by atoms with Crippen molar-refractivity contribution in [1.82, 2.24) is 19.6 Å². The number of nitriles is 1. The Hall–Kier alpha value is -2.62. The van der Waals surface area contributed by atoms with Gasteiger partial charge in [-0.15, -0.1) is 0 Å². The molecule has 0 atom stereocenters. The Morgan fingerprint density at radius 3 is 2.89 bits per heavy atom. The molecule has 0 aliphatic heterocycles. The first kappa shape index (κ1) is 12.8. The molecular weight excluding hydrogens is 244 g/mol. The summed E-state index contributed by atoms with van der Waals surface area (Å²) in [6, 6.07) is 1.98. The Labute approximate surface area is 110 Å². The zero-order valence-electron chi connectivity index (χ0n) is 10.8. The van der Waals surface area contributed by atoms with Crippen LogP contribution in [0, 0.1) is 18.3 Å². The maximum atomic E-state index is 11.8. The van der Waals surface area contributed by atoms with E-state index in [0.29, 0.717) is 17.9 Å². The molecule has 7 heteroatoms. The van der Waals surface area contributed by atoms with E-state index < -0.39 is 0 Å². The third-order valence-corrected chi connectivity index (χ3v) is 2.65. The number of anilines is 1. The van der Waals surface area contributed by atoms with Crippen molar-refractivity contribution in [2.24, 2.45) is 7.05 Å². The van der Waals surface area contributed by atoms with Crippen molar-refractivity contribution in [3.63, 3.8) is 0 Å². The quantitative estimate of drug-likeness (QED) is 0.879. The van der Waals surface area contributed by atoms with Gasteiger partial charge in [0.1, 0.15) is 17.5 Å². The summed E-state index contributed by atoms with van der Waals surface area (Å²) in [7, 11) is 1.67. The van der Waals surface area contributed by atoms with E-state index in [4.69, 9.17) is 5.26 Å². The lowest BCUT2D eigenvalue weighted by Crippen LogP contribution is -2.17. The molecule has 1 N–H and O–H groups in total. The molecule has 2 aromatic rings. The monoisotopic (exact) mass is 258 g/mol. The van der Waals surface area contributed by atoms with Crippen molar-refractivity contribution < 1.29 is 4.79 Å². The van der Waals surface area contributed by atoms with Crippen LogP contribution in [0.3, 0.4) is 0 Å². The first-order valence-electron chi connectivity index (χ1n) is 5.81. The molecule has 0 unspecified atom stereocenters. The standard InChI is InChI=1S/C12H14N6O/c1-9-6-15-18(8-9)4-3-11(19)16-12-10(5-13)7-14-17(12)2/h6-8H,3-4H2,1-2H3,(H,16,19). The number of hydrogen-bond acceptors (Lipinski definition) is 4. The summed E-state index contributed by atoms with van der Waals surface area (Å²) in [4.78, 5) is 11.8. The van der Waals surface area contributed by atoms with Crippen LogP contribution in [-0.2, 0) is 18.4 Å². The maximum absolute atomic E-state index is 11.8. The van der Waals surface area contributed by atoms with Gasteiger partial charge in [0.15, 0.2) is 0 Å². The fourth-order valence-corrected chi connectivity index (χ4v) is 1.67. The molecule has 0 aliphatic rings. The zero-order valence-corrected chi connectivity index (χ0v) is 10.8. The third-order valence-electron chi connectivity index (χ3n) is 2.65. The Kier molecular flexibility index (Phi) is 3.61. The number of rotatable bonds is 4. The molecule has 0 aliphatic carbocycles. The van der Waals surface area contributed by atoms with Crippen molar-refractivity contribution in [2.75, 3.05) is 5.32 Å². The average molecular weight is 258 g/mol. The lowest BCUT2D eigenvalue weighted by Gasteiger charge is -2.06. The van der Waals surface area contributed by atoms with Gasteiger partial charge in [0.2, 0.25) is 5.91 Å². The molecule has 2 aromatic heterocycles. The lowest BCUT2D eigenvalue weighted by molar-refractivity contribution is -0.116. The molecule has 2 heterocycles. The number of aryl methyl sites for hydroxylation is 3. The first-order valence-corrected chi connectivity index (χ1v) is 5.81. The largest absolute Gasteiger partial charge is 0.310 e. The van der Waals surface area contributed by atoms with Crippen LogP contribution in [0.5, 0.6) is 0 Å². The van der Waals surface area contributed by atoms with Crippen LogP contribution in [0.2, 0.25) is 0 Å².